The fourth-order valence-corrected chi connectivity index (χ4v) is 7.35. The summed E-state index contributed by atoms with van der Waals surface area (Å²) in [6, 6.07) is 38.7. The van der Waals surface area contributed by atoms with E-state index >= 15 is 0 Å². The number of furan rings is 1. The van der Waals surface area contributed by atoms with E-state index in [1.54, 1.807) is 0 Å². The molecule has 2 aliphatic heterocycles. The Bertz CT molecular complexity index is 2080. The number of aromatic nitrogens is 1. The second-order valence-electron chi connectivity index (χ2n) is 13.9. The number of para-hydroxylation sites is 2. The van der Waals surface area contributed by atoms with E-state index in [1.165, 1.54) is 58.8 Å². The van der Waals surface area contributed by atoms with Crippen LogP contribution >= 0.6 is 0 Å². The van der Waals surface area contributed by atoms with E-state index in [-0.39, 0.29) is 0 Å². The molecule has 258 valence electrons. The summed E-state index contributed by atoms with van der Waals surface area (Å²) in [5.41, 5.74) is 9.30. The molecule has 0 saturated carbocycles. The molecule has 8 rings (SSSR count). The third kappa shape index (κ3) is 7.81. The molecule has 4 aromatic carbocycles. The molecule has 2 aromatic heterocycles. The van der Waals surface area contributed by atoms with Crippen LogP contribution in [-0.4, -0.2) is 41.2 Å². The van der Waals surface area contributed by atoms with Gasteiger partial charge in [0.15, 0.2) is 5.58 Å². The van der Waals surface area contributed by atoms with Gasteiger partial charge in [0.25, 0.3) is 0 Å². The first-order valence-corrected chi connectivity index (χ1v) is 18.6. The number of fused-ring (bicyclic) bond motifs is 3. The molecule has 6 nitrogen and oxygen atoms in total. The van der Waals surface area contributed by atoms with Crippen LogP contribution in [0.5, 0.6) is 0 Å². The van der Waals surface area contributed by atoms with Crippen LogP contribution in [0.1, 0.15) is 49.7 Å². The van der Waals surface area contributed by atoms with Crippen LogP contribution in [0.2, 0.25) is 0 Å². The molecular formula is C45H47N5O. The highest BCUT2D eigenvalue weighted by Crippen LogP contribution is 2.36. The maximum Gasteiger partial charge on any atom is 0.159 e. The highest BCUT2D eigenvalue weighted by molar-refractivity contribution is 6.09. The normalized spacial score (nSPS) is 14.2. The fraction of sp³-hybridized carbons (Fsp3) is 0.267. The molecule has 0 N–H and O–H groups in total. The van der Waals surface area contributed by atoms with Gasteiger partial charge in [0.2, 0.25) is 0 Å². The average Bonchev–Trinajstić information content (AvgIpc) is 3.95. The molecule has 0 fully saturated rings. The molecule has 2 aliphatic rings. The van der Waals surface area contributed by atoms with Gasteiger partial charge in [0, 0.05) is 66.1 Å². The Kier molecular flexibility index (Phi) is 10.00. The summed E-state index contributed by atoms with van der Waals surface area (Å²) in [5.74, 6) is 0. The van der Waals surface area contributed by atoms with E-state index in [9.17, 15) is 0 Å². The van der Waals surface area contributed by atoms with Crippen molar-refractivity contribution in [2.24, 2.45) is 0 Å². The van der Waals surface area contributed by atoms with Crippen LogP contribution in [0, 0.1) is 0 Å². The van der Waals surface area contributed by atoms with Crippen molar-refractivity contribution in [3.05, 3.63) is 151 Å². The molecular weight excluding hydrogens is 627 g/mol. The summed E-state index contributed by atoms with van der Waals surface area (Å²) in [4.78, 5) is 14.2. The van der Waals surface area contributed by atoms with Crippen molar-refractivity contribution in [3.63, 3.8) is 0 Å². The second kappa shape index (κ2) is 15.6. The van der Waals surface area contributed by atoms with Crippen LogP contribution in [0.4, 0.5) is 11.4 Å². The van der Waals surface area contributed by atoms with Crippen LogP contribution in [-0.2, 0) is 12.8 Å². The summed E-state index contributed by atoms with van der Waals surface area (Å²) in [7, 11) is 0. The minimum atomic E-state index is 0.853. The molecule has 0 bridgehead atoms. The first-order valence-electron chi connectivity index (χ1n) is 18.6. The molecule has 4 heterocycles. The van der Waals surface area contributed by atoms with E-state index < -0.39 is 0 Å². The third-order valence-electron chi connectivity index (χ3n) is 10.3. The fourth-order valence-electron chi connectivity index (χ4n) is 7.35. The van der Waals surface area contributed by atoms with Gasteiger partial charge in [-0.3, -0.25) is 4.98 Å². The Balaban J connectivity index is 0.704. The van der Waals surface area contributed by atoms with Gasteiger partial charge in [-0.15, -0.1) is 0 Å². The number of unbranched alkanes of at least 4 members (excludes halogenated alkanes) is 4. The molecule has 6 aromatic rings. The lowest BCUT2D eigenvalue weighted by molar-refractivity contribution is 0.354. The second-order valence-corrected chi connectivity index (χ2v) is 13.9. The van der Waals surface area contributed by atoms with Crippen molar-refractivity contribution in [1.29, 1.82) is 0 Å². The Morgan fingerprint density at radius 2 is 1.20 bits per heavy atom. The van der Waals surface area contributed by atoms with Gasteiger partial charge in [-0.05, 0) is 80.0 Å². The first kappa shape index (κ1) is 32.7. The zero-order chi connectivity index (χ0) is 34.2. The summed E-state index contributed by atoms with van der Waals surface area (Å²) in [6.07, 6.45) is 20.5. The quantitative estimate of drug-likeness (QED) is 0.101. The maximum absolute atomic E-state index is 6.27. The van der Waals surface area contributed by atoms with E-state index in [0.717, 1.165) is 74.7 Å². The molecule has 0 saturated heterocycles. The van der Waals surface area contributed by atoms with Gasteiger partial charge in [-0.2, -0.15) is 0 Å². The largest absolute Gasteiger partial charge is 0.454 e. The average molecular weight is 674 g/mol. The number of anilines is 2. The Hall–Kier alpha value is -5.49. The molecule has 0 atom stereocenters. The highest BCUT2D eigenvalue weighted by atomic mass is 16.3. The predicted molar refractivity (Wildman–Crippen MR) is 211 cm³/mol. The monoisotopic (exact) mass is 673 g/mol. The predicted octanol–water partition coefficient (Wildman–Crippen LogP) is 10.6. The number of hydrogen-bond donors (Lipinski definition) is 0. The summed E-state index contributed by atoms with van der Waals surface area (Å²) >= 11 is 0. The van der Waals surface area contributed by atoms with Gasteiger partial charge < -0.3 is 24.0 Å². The SMILES string of the molecule is C1=CN(c2ccc(CCCCCCc3ccc(-c4ccccc4)nc3)cc2)CN1CCCCN1C=CN(c2cccc3c2oc2ccccc23)C1. The number of aryl methyl sites for hydroxylation is 2. The summed E-state index contributed by atoms with van der Waals surface area (Å²) in [5, 5.41) is 2.35. The van der Waals surface area contributed by atoms with Crippen molar-refractivity contribution in [2.45, 2.75) is 51.4 Å². The van der Waals surface area contributed by atoms with Crippen molar-refractivity contribution in [3.8, 4) is 11.3 Å². The van der Waals surface area contributed by atoms with E-state index in [4.69, 9.17) is 4.42 Å². The number of nitrogens with zero attached hydrogens (tertiary/aromatic N) is 5. The van der Waals surface area contributed by atoms with Gasteiger partial charge in [-0.25, -0.2) is 0 Å². The molecule has 0 spiro atoms. The van der Waals surface area contributed by atoms with E-state index in [2.05, 4.69) is 140 Å². The molecule has 51 heavy (non-hydrogen) atoms. The zero-order valence-corrected chi connectivity index (χ0v) is 29.4. The Labute approximate surface area is 301 Å². The molecule has 6 heteroatoms. The number of pyridine rings is 1. The van der Waals surface area contributed by atoms with Gasteiger partial charge >= 0.3 is 0 Å². The van der Waals surface area contributed by atoms with Crippen molar-refractivity contribution in [2.75, 3.05) is 36.2 Å². The third-order valence-corrected chi connectivity index (χ3v) is 10.3. The number of benzene rings is 4. The van der Waals surface area contributed by atoms with Crippen molar-refractivity contribution < 1.29 is 4.42 Å². The molecule has 0 unspecified atom stereocenters. The van der Waals surface area contributed by atoms with Crippen LogP contribution in [0.3, 0.4) is 0 Å². The van der Waals surface area contributed by atoms with Crippen molar-refractivity contribution in [1.82, 2.24) is 14.8 Å². The van der Waals surface area contributed by atoms with Crippen LogP contribution < -0.4 is 9.80 Å². The van der Waals surface area contributed by atoms with Crippen LogP contribution in [0.15, 0.2) is 145 Å². The van der Waals surface area contributed by atoms with Gasteiger partial charge in [0.05, 0.1) is 24.7 Å². The minimum absolute atomic E-state index is 0.853. The molecule has 0 amide bonds. The standard InChI is InChI=1S/C45H47N5O/c1(2-5-14-37-23-26-42(46-33-37)38-15-6-3-7-16-38)4-13-36-21-24-39(25-22-36)49-31-29-47(34-49)27-10-11-28-48-30-32-50(35-48)43-19-12-18-41-40-17-8-9-20-44(40)51-45(41)43/h3,6-9,12,15-26,29-33H,1-2,4-5,10-11,13-14,27-28,34-35H2. The lowest BCUT2D eigenvalue weighted by atomic mass is 10.0. The zero-order valence-electron chi connectivity index (χ0n) is 29.4. The van der Waals surface area contributed by atoms with Crippen LogP contribution in [0.25, 0.3) is 33.2 Å². The summed E-state index contributed by atoms with van der Waals surface area (Å²) in [6.45, 7) is 3.89. The van der Waals surface area contributed by atoms with E-state index in [1.807, 2.05) is 24.4 Å². The summed E-state index contributed by atoms with van der Waals surface area (Å²) < 4.78 is 6.27. The number of hydrogen-bond acceptors (Lipinski definition) is 6. The minimum Gasteiger partial charge on any atom is -0.454 e. The highest BCUT2D eigenvalue weighted by Gasteiger charge is 2.19. The maximum atomic E-state index is 6.27. The lowest BCUT2D eigenvalue weighted by Crippen LogP contribution is -2.28. The smallest absolute Gasteiger partial charge is 0.159 e. The molecule has 0 aliphatic carbocycles. The van der Waals surface area contributed by atoms with Gasteiger partial charge in [0.1, 0.15) is 5.58 Å². The molecule has 0 radical (unpaired) electrons. The van der Waals surface area contributed by atoms with E-state index in [0.29, 0.717) is 0 Å². The van der Waals surface area contributed by atoms with Crippen molar-refractivity contribution >= 4 is 33.3 Å². The number of rotatable bonds is 15. The lowest BCUT2D eigenvalue weighted by Gasteiger charge is -2.23. The Morgan fingerprint density at radius 3 is 1.96 bits per heavy atom. The topological polar surface area (TPSA) is 39.0 Å². The first-order chi connectivity index (χ1) is 25.3. The Morgan fingerprint density at radius 1 is 0.529 bits per heavy atom. The van der Waals surface area contributed by atoms with Gasteiger partial charge in [-0.1, -0.05) is 91.7 Å².